The van der Waals surface area contributed by atoms with Gasteiger partial charge in [0.25, 0.3) is 11.8 Å². The van der Waals surface area contributed by atoms with Crippen molar-refractivity contribution in [2.24, 2.45) is 11.0 Å². The van der Waals surface area contributed by atoms with Gasteiger partial charge in [-0.05, 0) is 29.7 Å². The second-order valence-corrected chi connectivity index (χ2v) is 7.31. The molecule has 0 aliphatic heterocycles. The molecule has 0 radical (unpaired) electrons. The Bertz CT molecular complexity index is 1130. The molecule has 0 atom stereocenters. The SMILES string of the molecule is CC(C)CN(/N=C/c1ccc(-c2nnc(C(F)F)o2)cc1)C(=O)c1cnccc1C(F)(F)F. The molecule has 0 saturated heterocycles. The fourth-order valence-electron chi connectivity index (χ4n) is 2.77. The molecule has 1 amide bonds. The fourth-order valence-corrected chi connectivity index (χ4v) is 2.77. The van der Waals surface area contributed by atoms with E-state index in [1.54, 1.807) is 26.0 Å². The van der Waals surface area contributed by atoms with Crippen molar-refractivity contribution in [2.45, 2.75) is 26.4 Å². The highest BCUT2D eigenvalue weighted by atomic mass is 19.4. The Morgan fingerprint density at radius 2 is 1.85 bits per heavy atom. The zero-order valence-electron chi connectivity index (χ0n) is 17.4. The van der Waals surface area contributed by atoms with Crippen molar-refractivity contribution >= 4 is 12.1 Å². The molecule has 7 nitrogen and oxygen atoms in total. The molecule has 0 aliphatic rings. The van der Waals surface area contributed by atoms with Gasteiger partial charge in [0.1, 0.15) is 0 Å². The topological polar surface area (TPSA) is 84.5 Å². The first-order valence-electron chi connectivity index (χ1n) is 9.65. The van der Waals surface area contributed by atoms with E-state index in [4.69, 9.17) is 4.42 Å². The number of benzene rings is 1. The molecule has 2 heterocycles. The first-order chi connectivity index (χ1) is 15.6. The predicted molar refractivity (Wildman–Crippen MR) is 107 cm³/mol. The van der Waals surface area contributed by atoms with Gasteiger partial charge in [0, 0.05) is 24.5 Å². The van der Waals surface area contributed by atoms with Crippen LogP contribution in [0, 0.1) is 5.92 Å². The normalized spacial score (nSPS) is 12.2. The van der Waals surface area contributed by atoms with Crippen molar-refractivity contribution in [3.05, 3.63) is 65.3 Å². The number of carbonyl (C=O) groups is 1. The van der Waals surface area contributed by atoms with Gasteiger partial charge in [-0.15, -0.1) is 10.2 Å². The summed E-state index contributed by atoms with van der Waals surface area (Å²) in [5.41, 5.74) is -0.828. The summed E-state index contributed by atoms with van der Waals surface area (Å²) in [6.07, 6.45) is -4.49. The summed E-state index contributed by atoms with van der Waals surface area (Å²) in [6, 6.07) is 6.87. The van der Waals surface area contributed by atoms with Gasteiger partial charge in [-0.1, -0.05) is 26.0 Å². The second-order valence-electron chi connectivity index (χ2n) is 7.31. The summed E-state index contributed by atoms with van der Waals surface area (Å²) in [6.45, 7) is 3.64. The third-order valence-electron chi connectivity index (χ3n) is 4.26. The number of hydrogen-bond donors (Lipinski definition) is 0. The smallest absolute Gasteiger partial charge is 0.415 e. The van der Waals surface area contributed by atoms with Crippen molar-refractivity contribution < 1.29 is 31.2 Å². The Morgan fingerprint density at radius 3 is 2.42 bits per heavy atom. The summed E-state index contributed by atoms with van der Waals surface area (Å²) in [5, 5.41) is 11.8. The summed E-state index contributed by atoms with van der Waals surface area (Å²) >= 11 is 0. The monoisotopic (exact) mass is 467 g/mol. The zero-order chi connectivity index (χ0) is 24.2. The summed E-state index contributed by atoms with van der Waals surface area (Å²) < 4.78 is 70.0. The molecule has 0 N–H and O–H groups in total. The van der Waals surface area contributed by atoms with Crippen LogP contribution in [-0.2, 0) is 6.18 Å². The van der Waals surface area contributed by atoms with Gasteiger partial charge in [0.05, 0.1) is 17.3 Å². The van der Waals surface area contributed by atoms with Crippen molar-refractivity contribution in [1.29, 1.82) is 0 Å². The van der Waals surface area contributed by atoms with Crippen LogP contribution in [0.2, 0.25) is 0 Å². The molecule has 0 aliphatic carbocycles. The van der Waals surface area contributed by atoms with E-state index < -0.39 is 35.5 Å². The third kappa shape index (κ3) is 5.96. The average molecular weight is 467 g/mol. The Morgan fingerprint density at radius 1 is 1.15 bits per heavy atom. The Kier molecular flexibility index (Phi) is 7.14. The van der Waals surface area contributed by atoms with Crippen LogP contribution in [0.15, 0.2) is 52.2 Å². The van der Waals surface area contributed by atoms with Crippen LogP contribution < -0.4 is 0 Å². The van der Waals surface area contributed by atoms with Crippen LogP contribution in [0.5, 0.6) is 0 Å². The second kappa shape index (κ2) is 9.84. The minimum Gasteiger partial charge on any atom is -0.415 e. The van der Waals surface area contributed by atoms with Crippen molar-refractivity contribution in [1.82, 2.24) is 20.2 Å². The minimum absolute atomic E-state index is 0.0675. The number of rotatable bonds is 7. The van der Waals surface area contributed by atoms with E-state index in [1.807, 2.05) is 0 Å². The minimum atomic E-state index is -4.73. The third-order valence-corrected chi connectivity index (χ3v) is 4.26. The number of aromatic nitrogens is 3. The number of alkyl halides is 5. The number of pyridine rings is 1. The van der Waals surface area contributed by atoms with Gasteiger partial charge in [-0.2, -0.15) is 27.1 Å². The van der Waals surface area contributed by atoms with Gasteiger partial charge in [0.15, 0.2) is 0 Å². The first-order valence-corrected chi connectivity index (χ1v) is 9.65. The van der Waals surface area contributed by atoms with E-state index in [-0.39, 0.29) is 18.4 Å². The van der Waals surface area contributed by atoms with E-state index in [9.17, 15) is 26.7 Å². The van der Waals surface area contributed by atoms with Crippen molar-refractivity contribution in [2.75, 3.05) is 6.54 Å². The van der Waals surface area contributed by atoms with Gasteiger partial charge < -0.3 is 4.42 Å². The van der Waals surface area contributed by atoms with Crippen molar-refractivity contribution in [3.8, 4) is 11.5 Å². The molecular formula is C21H18F5N5O2. The summed E-state index contributed by atoms with van der Waals surface area (Å²) in [5.74, 6) is -1.92. The highest BCUT2D eigenvalue weighted by Gasteiger charge is 2.36. The van der Waals surface area contributed by atoms with E-state index >= 15 is 0 Å². The van der Waals surface area contributed by atoms with Crippen molar-refractivity contribution in [3.63, 3.8) is 0 Å². The largest absolute Gasteiger partial charge is 0.417 e. The van der Waals surface area contributed by atoms with Crippen LogP contribution in [0.25, 0.3) is 11.5 Å². The lowest BCUT2D eigenvalue weighted by atomic mass is 10.1. The highest BCUT2D eigenvalue weighted by molar-refractivity contribution is 5.96. The standard InChI is InChI=1S/C21H18F5N5O2/c1-12(2)11-31(20(32)15-10-27-8-7-16(15)21(24,25)26)28-9-13-3-5-14(6-4-13)18-29-30-19(33-18)17(22)23/h3-10,12,17H,11H2,1-2H3/b28-9+. The summed E-state index contributed by atoms with van der Waals surface area (Å²) in [4.78, 5) is 16.5. The molecule has 0 spiro atoms. The maximum Gasteiger partial charge on any atom is 0.417 e. The number of nitrogens with zero attached hydrogens (tertiary/aromatic N) is 5. The van der Waals surface area contributed by atoms with E-state index in [0.717, 1.165) is 23.5 Å². The van der Waals surface area contributed by atoms with E-state index in [2.05, 4.69) is 20.3 Å². The van der Waals surface area contributed by atoms with Crippen LogP contribution in [0.3, 0.4) is 0 Å². The molecule has 0 saturated carbocycles. The van der Waals surface area contributed by atoms with E-state index in [1.165, 1.54) is 18.3 Å². The Labute approximate surface area is 185 Å². The number of halogens is 5. The maximum atomic E-state index is 13.3. The molecule has 12 heteroatoms. The molecule has 3 rings (SSSR count). The van der Waals surface area contributed by atoms with Crippen LogP contribution >= 0.6 is 0 Å². The number of carbonyl (C=O) groups excluding carboxylic acids is 1. The van der Waals surface area contributed by atoms with Gasteiger partial charge in [0.2, 0.25) is 5.89 Å². The molecule has 0 unspecified atom stereocenters. The molecule has 0 bridgehead atoms. The molecular weight excluding hydrogens is 449 g/mol. The first kappa shape index (κ1) is 24.0. The van der Waals surface area contributed by atoms with Crippen LogP contribution in [0.4, 0.5) is 22.0 Å². The number of amides is 1. The number of hydrazone groups is 1. The lowest BCUT2D eigenvalue weighted by molar-refractivity contribution is -0.138. The Balaban J connectivity index is 1.83. The number of hydrogen-bond acceptors (Lipinski definition) is 6. The molecule has 1 aromatic carbocycles. The van der Waals surface area contributed by atoms with Crippen LogP contribution in [-0.4, -0.2) is 38.9 Å². The average Bonchev–Trinajstić information content (AvgIpc) is 3.26. The maximum absolute atomic E-state index is 13.3. The predicted octanol–water partition coefficient (Wildman–Crippen LogP) is 5.22. The molecule has 3 aromatic rings. The quantitative estimate of drug-likeness (QED) is 0.270. The molecule has 33 heavy (non-hydrogen) atoms. The van der Waals surface area contributed by atoms with E-state index in [0.29, 0.717) is 11.1 Å². The lowest BCUT2D eigenvalue weighted by Gasteiger charge is -2.21. The molecule has 2 aromatic heterocycles. The van der Waals surface area contributed by atoms with Gasteiger partial charge in [-0.25, -0.2) is 5.01 Å². The van der Waals surface area contributed by atoms with Gasteiger partial charge >= 0.3 is 12.6 Å². The zero-order valence-corrected chi connectivity index (χ0v) is 17.4. The highest BCUT2D eigenvalue weighted by Crippen LogP contribution is 2.32. The molecule has 174 valence electrons. The Hall–Kier alpha value is -3.70. The lowest BCUT2D eigenvalue weighted by Crippen LogP contribution is -2.31. The fraction of sp³-hybridized carbons (Fsp3) is 0.286. The summed E-state index contributed by atoms with van der Waals surface area (Å²) in [7, 11) is 0. The van der Waals surface area contributed by atoms with Gasteiger partial charge in [-0.3, -0.25) is 9.78 Å². The molecule has 0 fully saturated rings. The van der Waals surface area contributed by atoms with Crippen LogP contribution in [0.1, 0.15) is 47.6 Å².